The standard InChI is InChI=1S/C16H13FN2O2/c1-2-9-6-11-13(7-12(9)17)19-14(8-20)15(11)10-4-3-5-18-16(10)21/h3-8,19H,2H2,1H3,(H,18,21). The van der Waals surface area contributed by atoms with Gasteiger partial charge in [0.25, 0.3) is 5.56 Å². The van der Waals surface area contributed by atoms with Crippen molar-refractivity contribution in [3.8, 4) is 11.1 Å². The van der Waals surface area contributed by atoms with Crippen molar-refractivity contribution >= 4 is 17.2 Å². The Morgan fingerprint density at radius 1 is 1.33 bits per heavy atom. The molecule has 0 aliphatic rings. The first-order valence-corrected chi connectivity index (χ1v) is 6.63. The lowest BCUT2D eigenvalue weighted by Crippen LogP contribution is -2.07. The summed E-state index contributed by atoms with van der Waals surface area (Å²) in [5, 5.41) is 0.673. The Labute approximate surface area is 119 Å². The summed E-state index contributed by atoms with van der Waals surface area (Å²) in [7, 11) is 0. The maximum absolute atomic E-state index is 13.9. The molecule has 0 radical (unpaired) electrons. The molecule has 1 aromatic carbocycles. The third-order valence-electron chi connectivity index (χ3n) is 3.58. The quantitative estimate of drug-likeness (QED) is 0.726. The molecule has 5 heteroatoms. The van der Waals surface area contributed by atoms with Gasteiger partial charge in [-0.15, -0.1) is 0 Å². The molecule has 4 nitrogen and oxygen atoms in total. The van der Waals surface area contributed by atoms with Crippen molar-refractivity contribution in [2.75, 3.05) is 0 Å². The number of rotatable bonds is 3. The number of carbonyl (C=O) groups is 1. The molecule has 21 heavy (non-hydrogen) atoms. The number of pyridine rings is 1. The number of aromatic amines is 2. The third-order valence-corrected chi connectivity index (χ3v) is 3.58. The van der Waals surface area contributed by atoms with E-state index in [-0.39, 0.29) is 17.1 Å². The maximum Gasteiger partial charge on any atom is 0.255 e. The Bertz CT molecular complexity index is 893. The van der Waals surface area contributed by atoms with Gasteiger partial charge in [-0.3, -0.25) is 9.59 Å². The molecule has 0 aliphatic heterocycles. The Balaban J connectivity index is 2.43. The third kappa shape index (κ3) is 2.07. The highest BCUT2D eigenvalue weighted by Crippen LogP contribution is 2.31. The second-order valence-electron chi connectivity index (χ2n) is 4.79. The average Bonchev–Trinajstić information content (AvgIpc) is 2.84. The molecule has 0 atom stereocenters. The molecule has 3 rings (SSSR count). The number of hydrogen-bond donors (Lipinski definition) is 2. The molecule has 106 valence electrons. The minimum Gasteiger partial charge on any atom is -0.352 e. The molecule has 2 N–H and O–H groups in total. The summed E-state index contributed by atoms with van der Waals surface area (Å²) in [4.78, 5) is 28.7. The van der Waals surface area contributed by atoms with Crippen LogP contribution in [0.15, 0.2) is 35.3 Å². The number of hydrogen-bond acceptors (Lipinski definition) is 2. The average molecular weight is 284 g/mol. The highest BCUT2D eigenvalue weighted by atomic mass is 19.1. The fourth-order valence-corrected chi connectivity index (χ4v) is 2.55. The van der Waals surface area contributed by atoms with Crippen LogP contribution in [0.5, 0.6) is 0 Å². The van der Waals surface area contributed by atoms with E-state index in [0.29, 0.717) is 40.3 Å². The zero-order valence-electron chi connectivity index (χ0n) is 11.4. The number of aryl methyl sites for hydroxylation is 1. The van der Waals surface area contributed by atoms with E-state index < -0.39 is 0 Å². The summed E-state index contributed by atoms with van der Waals surface area (Å²) in [5.41, 5.74) is 1.94. The van der Waals surface area contributed by atoms with Gasteiger partial charge in [0.2, 0.25) is 0 Å². The predicted octanol–water partition coefficient (Wildman–Crippen LogP) is 3.04. The lowest BCUT2D eigenvalue weighted by Gasteiger charge is -2.03. The van der Waals surface area contributed by atoms with E-state index in [1.54, 1.807) is 18.2 Å². The van der Waals surface area contributed by atoms with Gasteiger partial charge in [0.15, 0.2) is 6.29 Å². The van der Waals surface area contributed by atoms with Crippen LogP contribution in [0, 0.1) is 5.82 Å². The van der Waals surface area contributed by atoms with Gasteiger partial charge in [-0.25, -0.2) is 4.39 Å². The van der Waals surface area contributed by atoms with Crippen LogP contribution in [0.25, 0.3) is 22.0 Å². The summed E-state index contributed by atoms with van der Waals surface area (Å²) >= 11 is 0. The van der Waals surface area contributed by atoms with Crippen molar-refractivity contribution in [3.63, 3.8) is 0 Å². The van der Waals surface area contributed by atoms with Gasteiger partial charge in [-0.2, -0.15) is 0 Å². The number of halogens is 1. The number of nitrogens with one attached hydrogen (secondary N) is 2. The molecule has 0 fully saturated rings. The van der Waals surface area contributed by atoms with Gasteiger partial charge in [0, 0.05) is 28.2 Å². The molecule has 2 heterocycles. The number of fused-ring (bicyclic) bond motifs is 1. The molecule has 0 saturated heterocycles. The smallest absolute Gasteiger partial charge is 0.255 e. The molecule has 2 aromatic heterocycles. The Morgan fingerprint density at radius 3 is 2.81 bits per heavy atom. The van der Waals surface area contributed by atoms with E-state index in [0.717, 1.165) is 0 Å². The van der Waals surface area contributed by atoms with Crippen LogP contribution >= 0.6 is 0 Å². The number of benzene rings is 1. The van der Waals surface area contributed by atoms with E-state index in [2.05, 4.69) is 9.97 Å². The van der Waals surface area contributed by atoms with Gasteiger partial charge in [0.05, 0.1) is 5.69 Å². The highest BCUT2D eigenvalue weighted by Gasteiger charge is 2.17. The molecule has 0 unspecified atom stereocenters. The molecular weight excluding hydrogens is 271 g/mol. The van der Waals surface area contributed by atoms with Gasteiger partial charge < -0.3 is 9.97 Å². The monoisotopic (exact) mass is 284 g/mol. The Morgan fingerprint density at radius 2 is 2.14 bits per heavy atom. The molecule has 0 bridgehead atoms. The van der Waals surface area contributed by atoms with Crippen molar-refractivity contribution in [2.45, 2.75) is 13.3 Å². The van der Waals surface area contributed by atoms with Crippen molar-refractivity contribution in [2.24, 2.45) is 0 Å². The zero-order valence-corrected chi connectivity index (χ0v) is 11.4. The molecule has 0 saturated carbocycles. The lowest BCUT2D eigenvalue weighted by molar-refractivity contribution is 0.112. The van der Waals surface area contributed by atoms with Crippen molar-refractivity contribution in [1.29, 1.82) is 0 Å². The fraction of sp³-hybridized carbons (Fsp3) is 0.125. The largest absolute Gasteiger partial charge is 0.352 e. The van der Waals surface area contributed by atoms with E-state index in [1.165, 1.54) is 12.3 Å². The highest BCUT2D eigenvalue weighted by molar-refractivity contribution is 6.04. The van der Waals surface area contributed by atoms with Crippen LogP contribution < -0.4 is 5.56 Å². The Hall–Kier alpha value is -2.69. The van der Waals surface area contributed by atoms with Gasteiger partial charge in [-0.05, 0) is 36.2 Å². The first-order valence-electron chi connectivity index (χ1n) is 6.63. The number of aromatic nitrogens is 2. The first kappa shape index (κ1) is 13.3. The number of aldehydes is 1. The first-order chi connectivity index (χ1) is 10.2. The van der Waals surface area contributed by atoms with Gasteiger partial charge >= 0.3 is 0 Å². The van der Waals surface area contributed by atoms with Gasteiger partial charge in [-0.1, -0.05) is 6.92 Å². The minimum absolute atomic E-state index is 0.273. The second kappa shape index (κ2) is 5.01. The van der Waals surface area contributed by atoms with Crippen LogP contribution in [0.1, 0.15) is 23.0 Å². The molecule has 0 amide bonds. The van der Waals surface area contributed by atoms with Crippen LogP contribution in [-0.2, 0) is 6.42 Å². The molecule has 3 aromatic rings. The van der Waals surface area contributed by atoms with Crippen LogP contribution in [0.3, 0.4) is 0 Å². The summed E-state index contributed by atoms with van der Waals surface area (Å²) < 4.78 is 13.9. The normalized spacial score (nSPS) is 11.0. The molecule has 0 spiro atoms. The summed E-state index contributed by atoms with van der Waals surface area (Å²) in [6.45, 7) is 1.85. The van der Waals surface area contributed by atoms with E-state index in [1.807, 2.05) is 6.92 Å². The topological polar surface area (TPSA) is 65.7 Å². The van der Waals surface area contributed by atoms with Crippen molar-refractivity contribution < 1.29 is 9.18 Å². The summed E-state index contributed by atoms with van der Waals surface area (Å²) in [5.74, 6) is -0.322. The SMILES string of the molecule is CCc1cc2c(-c3ccc[nH]c3=O)c(C=O)[nH]c2cc1F. The molecule has 0 aliphatic carbocycles. The van der Waals surface area contributed by atoms with Crippen LogP contribution in [-0.4, -0.2) is 16.3 Å². The number of H-pyrrole nitrogens is 2. The van der Waals surface area contributed by atoms with Crippen LogP contribution in [0.4, 0.5) is 4.39 Å². The van der Waals surface area contributed by atoms with E-state index in [4.69, 9.17) is 0 Å². The number of carbonyl (C=O) groups excluding carboxylic acids is 1. The lowest BCUT2D eigenvalue weighted by atomic mass is 10.0. The van der Waals surface area contributed by atoms with Crippen LogP contribution in [0.2, 0.25) is 0 Å². The predicted molar refractivity (Wildman–Crippen MR) is 79.1 cm³/mol. The van der Waals surface area contributed by atoms with Gasteiger partial charge in [0.1, 0.15) is 5.82 Å². The second-order valence-corrected chi connectivity index (χ2v) is 4.79. The summed E-state index contributed by atoms with van der Waals surface area (Å²) in [6.07, 6.45) is 2.71. The zero-order chi connectivity index (χ0) is 15.0. The minimum atomic E-state index is -0.322. The van der Waals surface area contributed by atoms with E-state index in [9.17, 15) is 14.0 Å². The molecular formula is C16H13FN2O2. The Kier molecular flexibility index (Phi) is 3.17. The van der Waals surface area contributed by atoms with Crippen molar-refractivity contribution in [3.05, 3.63) is 57.9 Å². The fourth-order valence-electron chi connectivity index (χ4n) is 2.55. The summed E-state index contributed by atoms with van der Waals surface area (Å²) in [6, 6.07) is 6.38. The maximum atomic E-state index is 13.9. The van der Waals surface area contributed by atoms with Crippen molar-refractivity contribution in [1.82, 2.24) is 9.97 Å². The van der Waals surface area contributed by atoms with E-state index >= 15 is 0 Å².